The third kappa shape index (κ3) is 3.27. The van der Waals surface area contributed by atoms with Crippen molar-refractivity contribution in [3.8, 4) is 11.3 Å². The summed E-state index contributed by atoms with van der Waals surface area (Å²) in [5.41, 5.74) is 0.271. The average molecular weight is 357 g/mol. The van der Waals surface area contributed by atoms with Crippen molar-refractivity contribution in [1.82, 2.24) is 19.4 Å². The van der Waals surface area contributed by atoms with Crippen LogP contribution in [-0.4, -0.2) is 40.1 Å². The van der Waals surface area contributed by atoms with Gasteiger partial charge in [-0.05, 0) is 24.3 Å². The molecule has 8 heteroatoms. The molecule has 0 fully saturated rings. The minimum Gasteiger partial charge on any atom is -0.477 e. The van der Waals surface area contributed by atoms with Crippen LogP contribution < -0.4 is 4.48 Å². The first kappa shape index (κ1) is 17.6. The van der Waals surface area contributed by atoms with E-state index in [0.29, 0.717) is 11.6 Å². The van der Waals surface area contributed by atoms with Gasteiger partial charge in [-0.15, -0.1) is 0 Å². The summed E-state index contributed by atoms with van der Waals surface area (Å²) >= 11 is 0. The van der Waals surface area contributed by atoms with Crippen LogP contribution in [0.4, 0.5) is 20.4 Å². The molecule has 0 radical (unpaired) electrons. The van der Waals surface area contributed by atoms with Crippen LogP contribution in [0.5, 0.6) is 0 Å². The third-order valence-electron chi connectivity index (χ3n) is 3.92. The summed E-state index contributed by atoms with van der Waals surface area (Å²) < 4.78 is 27.0. The molecule has 0 unspecified atom stereocenters. The molecule has 3 heterocycles. The zero-order valence-electron chi connectivity index (χ0n) is 14.0. The molecule has 132 valence electrons. The highest BCUT2D eigenvalue weighted by Gasteiger charge is 2.27. The van der Waals surface area contributed by atoms with Crippen LogP contribution in [0.15, 0.2) is 48.5 Å². The molecule has 0 aromatic carbocycles. The third-order valence-corrected chi connectivity index (χ3v) is 3.92. The van der Waals surface area contributed by atoms with Crippen molar-refractivity contribution >= 4 is 17.6 Å². The standard InChI is InChI=1S/C18H14F2N4O2/c1-24(2,16-8-4-6-13(22-16)18(25)26)15-7-3-5-12(21-15)11-9-10-14(19)23-17(11)20/h3-10H,1-2H3/p+1. The van der Waals surface area contributed by atoms with Crippen molar-refractivity contribution in [2.24, 2.45) is 0 Å². The molecule has 3 rings (SSSR count). The second-order valence-corrected chi connectivity index (χ2v) is 5.99. The Bertz CT molecular complexity index is 992. The van der Waals surface area contributed by atoms with Gasteiger partial charge in [-0.25, -0.2) is 9.28 Å². The molecule has 0 aliphatic heterocycles. The molecular weight excluding hydrogens is 342 g/mol. The molecule has 0 aliphatic carbocycles. The quantitative estimate of drug-likeness (QED) is 0.572. The molecule has 0 aliphatic rings. The number of rotatable bonds is 4. The molecule has 3 aromatic heterocycles. The molecule has 0 saturated heterocycles. The minimum absolute atomic E-state index is 0.0329. The van der Waals surface area contributed by atoms with Crippen molar-refractivity contribution in [1.29, 1.82) is 0 Å². The van der Waals surface area contributed by atoms with Gasteiger partial charge in [0.1, 0.15) is 0 Å². The molecular formula is C18H15F2N4O2+. The lowest BCUT2D eigenvalue weighted by Gasteiger charge is -2.26. The predicted molar refractivity (Wildman–Crippen MR) is 91.9 cm³/mol. The lowest BCUT2D eigenvalue weighted by atomic mass is 10.2. The molecule has 1 N–H and O–H groups in total. The first-order valence-electron chi connectivity index (χ1n) is 7.64. The van der Waals surface area contributed by atoms with E-state index in [1.807, 2.05) is 0 Å². The summed E-state index contributed by atoms with van der Waals surface area (Å²) in [6, 6.07) is 12.0. The molecule has 0 bridgehead atoms. The van der Waals surface area contributed by atoms with Crippen molar-refractivity contribution in [2.45, 2.75) is 0 Å². The first-order valence-corrected chi connectivity index (χ1v) is 7.64. The lowest BCUT2D eigenvalue weighted by Crippen LogP contribution is -2.36. The van der Waals surface area contributed by atoms with Crippen LogP contribution in [-0.2, 0) is 0 Å². The van der Waals surface area contributed by atoms with E-state index in [4.69, 9.17) is 5.11 Å². The Balaban J connectivity index is 2.06. The second kappa shape index (κ2) is 6.57. The number of carboxylic acids is 1. The van der Waals surface area contributed by atoms with Crippen LogP contribution in [0.25, 0.3) is 11.3 Å². The Morgan fingerprint density at radius 3 is 2.23 bits per heavy atom. The maximum atomic E-state index is 14.0. The Morgan fingerprint density at radius 1 is 0.923 bits per heavy atom. The fraction of sp³-hybridized carbons (Fsp3) is 0.111. The average Bonchev–Trinajstić information content (AvgIpc) is 2.62. The number of halogens is 2. The number of quaternary nitrogens is 1. The maximum Gasteiger partial charge on any atom is 0.354 e. The number of nitrogens with zero attached hydrogens (tertiary/aromatic N) is 4. The molecule has 6 nitrogen and oxygen atoms in total. The number of carboxylic acid groups (broad SMARTS) is 1. The Kier molecular flexibility index (Phi) is 4.43. The van der Waals surface area contributed by atoms with Gasteiger partial charge in [0.2, 0.25) is 23.5 Å². The molecule has 0 atom stereocenters. The number of aromatic carboxylic acids is 1. The van der Waals surface area contributed by atoms with Crippen LogP contribution in [0.1, 0.15) is 10.5 Å². The Morgan fingerprint density at radius 2 is 1.58 bits per heavy atom. The zero-order valence-corrected chi connectivity index (χ0v) is 14.0. The van der Waals surface area contributed by atoms with E-state index in [1.165, 1.54) is 12.1 Å². The van der Waals surface area contributed by atoms with Crippen molar-refractivity contribution in [3.63, 3.8) is 0 Å². The van der Waals surface area contributed by atoms with E-state index in [1.54, 1.807) is 44.4 Å². The largest absolute Gasteiger partial charge is 0.477 e. The molecule has 0 spiro atoms. The van der Waals surface area contributed by atoms with Gasteiger partial charge in [0.15, 0.2) is 5.69 Å². The highest BCUT2D eigenvalue weighted by Crippen LogP contribution is 2.30. The lowest BCUT2D eigenvalue weighted by molar-refractivity contribution is 0.0690. The van der Waals surface area contributed by atoms with Crippen molar-refractivity contribution < 1.29 is 18.7 Å². The zero-order chi connectivity index (χ0) is 18.9. The van der Waals surface area contributed by atoms with Gasteiger partial charge in [-0.1, -0.05) is 12.1 Å². The predicted octanol–water partition coefficient (Wildman–Crippen LogP) is 3.41. The number of aromatic nitrogens is 3. The normalized spacial score (nSPS) is 11.4. The van der Waals surface area contributed by atoms with E-state index in [-0.39, 0.29) is 21.4 Å². The van der Waals surface area contributed by atoms with Gasteiger partial charge in [0, 0.05) is 12.1 Å². The van der Waals surface area contributed by atoms with E-state index in [2.05, 4.69) is 15.0 Å². The van der Waals surface area contributed by atoms with Crippen LogP contribution in [0, 0.1) is 11.9 Å². The van der Waals surface area contributed by atoms with Gasteiger partial charge in [-0.2, -0.15) is 23.7 Å². The minimum atomic E-state index is -1.13. The van der Waals surface area contributed by atoms with Crippen LogP contribution in [0.2, 0.25) is 0 Å². The summed E-state index contributed by atoms with van der Waals surface area (Å²) in [7, 11) is 3.55. The maximum absolute atomic E-state index is 14.0. The fourth-order valence-electron chi connectivity index (χ4n) is 2.46. The number of hydrogen-bond acceptors (Lipinski definition) is 4. The summed E-state index contributed by atoms with van der Waals surface area (Å²) in [6.07, 6.45) is 0. The Hall–Kier alpha value is -3.26. The van der Waals surface area contributed by atoms with Gasteiger partial charge in [-0.3, -0.25) is 0 Å². The topological polar surface area (TPSA) is 76.0 Å². The van der Waals surface area contributed by atoms with E-state index >= 15 is 0 Å². The van der Waals surface area contributed by atoms with Gasteiger partial charge in [0.25, 0.3) is 0 Å². The number of pyridine rings is 3. The van der Waals surface area contributed by atoms with Gasteiger partial charge < -0.3 is 5.11 Å². The monoisotopic (exact) mass is 357 g/mol. The van der Waals surface area contributed by atoms with Gasteiger partial charge in [0.05, 0.1) is 25.4 Å². The smallest absolute Gasteiger partial charge is 0.354 e. The number of hydrogen-bond donors (Lipinski definition) is 1. The molecule has 0 saturated carbocycles. The summed E-state index contributed by atoms with van der Waals surface area (Å²) in [5, 5.41) is 9.13. The van der Waals surface area contributed by atoms with E-state index < -0.39 is 17.9 Å². The highest BCUT2D eigenvalue weighted by molar-refractivity contribution is 5.85. The van der Waals surface area contributed by atoms with Crippen LogP contribution in [0.3, 0.4) is 0 Å². The number of carbonyl (C=O) groups is 1. The van der Waals surface area contributed by atoms with Crippen LogP contribution >= 0.6 is 0 Å². The van der Waals surface area contributed by atoms with E-state index in [9.17, 15) is 13.6 Å². The van der Waals surface area contributed by atoms with Crippen molar-refractivity contribution in [2.75, 3.05) is 14.1 Å². The molecule has 0 amide bonds. The van der Waals surface area contributed by atoms with E-state index in [0.717, 1.165) is 6.07 Å². The highest BCUT2D eigenvalue weighted by atomic mass is 19.1. The molecule has 26 heavy (non-hydrogen) atoms. The molecule has 3 aromatic rings. The fourth-order valence-corrected chi connectivity index (χ4v) is 2.46. The summed E-state index contributed by atoms with van der Waals surface area (Å²) in [6.45, 7) is 0. The summed E-state index contributed by atoms with van der Waals surface area (Å²) in [5.74, 6) is -2.04. The first-order chi connectivity index (χ1) is 12.3. The van der Waals surface area contributed by atoms with Gasteiger partial charge >= 0.3 is 5.97 Å². The Labute approximate surface area is 148 Å². The summed E-state index contributed by atoms with van der Waals surface area (Å²) in [4.78, 5) is 22.9. The second-order valence-electron chi connectivity index (χ2n) is 5.99. The SMILES string of the molecule is C[N+](C)(c1cccc(C(=O)O)n1)c1cccc(-c2ccc(F)nc2F)n1. The van der Waals surface area contributed by atoms with Crippen molar-refractivity contribution in [3.05, 3.63) is 66.1 Å².